The van der Waals surface area contributed by atoms with Gasteiger partial charge in [0.05, 0.1) is 12.7 Å². The SMILES string of the molecule is CCCCN1NC=C(C(Cl)(Cl)Cl)O1. The monoisotopic (exact) mass is 244 g/mol. The normalized spacial score (nSPS) is 18.0. The minimum atomic E-state index is -1.49. The van der Waals surface area contributed by atoms with E-state index in [9.17, 15) is 0 Å². The van der Waals surface area contributed by atoms with Crippen LogP contribution in [0.25, 0.3) is 0 Å². The van der Waals surface area contributed by atoms with Gasteiger partial charge < -0.3 is 4.84 Å². The standard InChI is InChI=1S/C7H11Cl3N2O/c1-2-3-4-12-11-5-6(13-12)7(8,9)10/h5,11H,2-4H2,1H3. The summed E-state index contributed by atoms with van der Waals surface area (Å²) in [6.45, 7) is 2.86. The zero-order valence-electron chi connectivity index (χ0n) is 7.19. The highest BCUT2D eigenvalue weighted by molar-refractivity contribution is 6.69. The lowest BCUT2D eigenvalue weighted by atomic mass is 10.3. The number of halogens is 3. The Balaban J connectivity index is 2.34. The second kappa shape index (κ2) is 4.60. The third kappa shape index (κ3) is 3.43. The van der Waals surface area contributed by atoms with Gasteiger partial charge in [-0.05, 0) is 6.42 Å². The van der Waals surface area contributed by atoms with E-state index in [2.05, 4.69) is 12.3 Å². The Morgan fingerprint density at radius 2 is 2.23 bits per heavy atom. The zero-order valence-corrected chi connectivity index (χ0v) is 9.46. The number of hydroxylamine groups is 1. The Morgan fingerprint density at radius 1 is 1.54 bits per heavy atom. The molecule has 13 heavy (non-hydrogen) atoms. The minimum Gasteiger partial charge on any atom is -0.385 e. The van der Waals surface area contributed by atoms with Gasteiger partial charge in [0.25, 0.3) is 3.79 Å². The van der Waals surface area contributed by atoms with Crippen LogP contribution >= 0.6 is 34.8 Å². The topological polar surface area (TPSA) is 24.5 Å². The molecule has 0 unspecified atom stereocenters. The summed E-state index contributed by atoms with van der Waals surface area (Å²) in [7, 11) is 0. The fourth-order valence-corrected chi connectivity index (χ4v) is 1.11. The van der Waals surface area contributed by atoms with Gasteiger partial charge in [0.1, 0.15) is 0 Å². The van der Waals surface area contributed by atoms with Crippen LogP contribution in [0.4, 0.5) is 0 Å². The molecule has 1 aliphatic heterocycles. The van der Waals surface area contributed by atoms with Gasteiger partial charge in [-0.3, -0.25) is 5.43 Å². The lowest BCUT2D eigenvalue weighted by Gasteiger charge is -2.17. The molecular formula is C7H11Cl3N2O. The van der Waals surface area contributed by atoms with Crippen molar-refractivity contribution in [2.75, 3.05) is 6.54 Å². The molecule has 0 aromatic rings. The molecule has 0 aromatic carbocycles. The van der Waals surface area contributed by atoms with Crippen molar-refractivity contribution in [2.24, 2.45) is 0 Å². The van der Waals surface area contributed by atoms with E-state index < -0.39 is 3.79 Å². The first kappa shape index (κ1) is 11.2. The maximum absolute atomic E-state index is 5.61. The van der Waals surface area contributed by atoms with Crippen LogP contribution in [-0.2, 0) is 4.84 Å². The van der Waals surface area contributed by atoms with Crippen molar-refractivity contribution in [2.45, 2.75) is 23.6 Å². The number of nitrogens with one attached hydrogen (secondary N) is 1. The zero-order chi connectivity index (χ0) is 9.90. The van der Waals surface area contributed by atoms with E-state index in [1.165, 1.54) is 0 Å². The predicted molar refractivity (Wildman–Crippen MR) is 54.2 cm³/mol. The first-order valence-electron chi connectivity index (χ1n) is 4.03. The second-order valence-corrected chi connectivity index (χ2v) is 4.96. The van der Waals surface area contributed by atoms with Crippen molar-refractivity contribution >= 4 is 34.8 Å². The van der Waals surface area contributed by atoms with E-state index in [4.69, 9.17) is 39.6 Å². The molecule has 0 fully saturated rings. The number of hydrogen-bond acceptors (Lipinski definition) is 3. The van der Waals surface area contributed by atoms with Crippen LogP contribution < -0.4 is 5.43 Å². The highest BCUT2D eigenvalue weighted by Crippen LogP contribution is 2.36. The number of allylic oxidation sites excluding steroid dienone is 1. The summed E-state index contributed by atoms with van der Waals surface area (Å²) < 4.78 is -1.49. The molecule has 0 aromatic heterocycles. The number of alkyl halides is 3. The average molecular weight is 246 g/mol. The van der Waals surface area contributed by atoms with Gasteiger partial charge in [0.2, 0.25) is 0 Å². The van der Waals surface area contributed by atoms with E-state index in [-0.39, 0.29) is 0 Å². The smallest absolute Gasteiger partial charge is 0.251 e. The first-order valence-corrected chi connectivity index (χ1v) is 5.16. The fraction of sp³-hybridized carbons (Fsp3) is 0.714. The van der Waals surface area contributed by atoms with Crippen molar-refractivity contribution < 1.29 is 4.84 Å². The molecule has 0 spiro atoms. The lowest BCUT2D eigenvalue weighted by molar-refractivity contribution is -0.127. The quantitative estimate of drug-likeness (QED) is 0.774. The van der Waals surface area contributed by atoms with Crippen molar-refractivity contribution in [3.05, 3.63) is 12.0 Å². The number of rotatable bonds is 3. The van der Waals surface area contributed by atoms with Gasteiger partial charge in [-0.25, -0.2) is 0 Å². The maximum Gasteiger partial charge on any atom is 0.251 e. The van der Waals surface area contributed by atoms with Crippen LogP contribution in [0.3, 0.4) is 0 Å². The van der Waals surface area contributed by atoms with Gasteiger partial charge in [0, 0.05) is 0 Å². The Morgan fingerprint density at radius 3 is 2.69 bits per heavy atom. The molecule has 76 valence electrons. The lowest BCUT2D eigenvalue weighted by Crippen LogP contribution is -2.30. The average Bonchev–Trinajstić information content (AvgIpc) is 2.47. The van der Waals surface area contributed by atoms with Gasteiger partial charge in [-0.1, -0.05) is 53.3 Å². The van der Waals surface area contributed by atoms with Gasteiger partial charge >= 0.3 is 0 Å². The van der Waals surface area contributed by atoms with Crippen LogP contribution in [-0.4, -0.2) is 15.5 Å². The summed E-state index contributed by atoms with van der Waals surface area (Å²) in [5.41, 5.74) is 2.84. The van der Waals surface area contributed by atoms with Crippen LogP contribution in [0.1, 0.15) is 19.8 Å². The summed E-state index contributed by atoms with van der Waals surface area (Å²) in [6.07, 6.45) is 3.65. The van der Waals surface area contributed by atoms with Crippen LogP contribution in [0.5, 0.6) is 0 Å². The van der Waals surface area contributed by atoms with E-state index >= 15 is 0 Å². The molecule has 0 amide bonds. The summed E-state index contributed by atoms with van der Waals surface area (Å²) in [5, 5.41) is 1.54. The van der Waals surface area contributed by atoms with Crippen molar-refractivity contribution in [3.63, 3.8) is 0 Å². The van der Waals surface area contributed by atoms with Crippen molar-refractivity contribution in [1.82, 2.24) is 10.6 Å². The molecule has 0 atom stereocenters. The molecule has 1 heterocycles. The largest absolute Gasteiger partial charge is 0.385 e. The molecule has 1 aliphatic rings. The van der Waals surface area contributed by atoms with Crippen molar-refractivity contribution in [3.8, 4) is 0 Å². The van der Waals surface area contributed by atoms with Crippen LogP contribution in [0.15, 0.2) is 12.0 Å². The van der Waals surface area contributed by atoms with Crippen LogP contribution in [0, 0.1) is 0 Å². The Hall–Kier alpha value is 0.170. The third-order valence-electron chi connectivity index (χ3n) is 1.54. The summed E-state index contributed by atoms with van der Waals surface area (Å²) in [6, 6.07) is 0. The molecule has 0 aliphatic carbocycles. The molecule has 1 N–H and O–H groups in total. The van der Waals surface area contributed by atoms with Gasteiger partial charge in [0.15, 0.2) is 5.76 Å². The molecule has 0 radical (unpaired) electrons. The first-order chi connectivity index (χ1) is 6.04. The maximum atomic E-state index is 5.61. The number of hydrogen-bond donors (Lipinski definition) is 1. The number of hydrazine groups is 1. The Kier molecular flexibility index (Phi) is 3.98. The molecule has 0 saturated carbocycles. The van der Waals surface area contributed by atoms with E-state index in [0.29, 0.717) is 5.76 Å². The van der Waals surface area contributed by atoms with Crippen molar-refractivity contribution in [1.29, 1.82) is 0 Å². The van der Waals surface area contributed by atoms with E-state index in [0.717, 1.165) is 19.4 Å². The third-order valence-corrected chi connectivity index (χ3v) is 2.10. The minimum absolute atomic E-state index is 0.300. The second-order valence-electron chi connectivity index (χ2n) is 2.68. The van der Waals surface area contributed by atoms with E-state index in [1.807, 2.05) is 0 Å². The highest BCUT2D eigenvalue weighted by atomic mass is 35.6. The summed E-state index contributed by atoms with van der Waals surface area (Å²) in [5.74, 6) is 0.300. The summed E-state index contributed by atoms with van der Waals surface area (Å²) in [4.78, 5) is 5.22. The molecule has 3 nitrogen and oxygen atoms in total. The predicted octanol–water partition coefficient (Wildman–Crippen LogP) is 2.75. The fourth-order valence-electron chi connectivity index (χ4n) is 0.848. The molecule has 0 saturated heterocycles. The van der Waals surface area contributed by atoms with Gasteiger partial charge in [-0.15, -0.1) is 0 Å². The Labute approximate surface area is 92.5 Å². The van der Waals surface area contributed by atoms with Gasteiger partial charge in [-0.2, -0.15) is 0 Å². The van der Waals surface area contributed by atoms with E-state index in [1.54, 1.807) is 11.4 Å². The molecule has 6 heteroatoms. The summed E-state index contributed by atoms with van der Waals surface area (Å²) >= 11 is 16.8. The molecule has 1 rings (SSSR count). The highest BCUT2D eigenvalue weighted by Gasteiger charge is 2.33. The number of nitrogens with zero attached hydrogens (tertiary/aromatic N) is 1. The molecule has 0 bridgehead atoms. The van der Waals surface area contributed by atoms with Crippen LogP contribution in [0.2, 0.25) is 0 Å². The molecular weight excluding hydrogens is 234 g/mol. The number of unbranched alkanes of at least 4 members (excludes halogenated alkanes) is 1. The Bertz CT molecular complexity index is 202.